The predicted octanol–water partition coefficient (Wildman–Crippen LogP) is 24.0. The van der Waals surface area contributed by atoms with Crippen LogP contribution in [-0.2, 0) is 0 Å². The van der Waals surface area contributed by atoms with Gasteiger partial charge in [0.1, 0.15) is 0 Å². The van der Waals surface area contributed by atoms with Crippen LogP contribution in [0.25, 0.3) is 65.7 Å². The quantitative estimate of drug-likeness (QED) is 0.101. The molecule has 88 heavy (non-hydrogen) atoms. The zero-order valence-corrected chi connectivity index (χ0v) is 48.4. The van der Waals surface area contributed by atoms with E-state index in [9.17, 15) is 0 Å². The number of benzene rings is 15. The predicted molar refractivity (Wildman–Crippen MR) is 374 cm³/mol. The first-order chi connectivity index (χ1) is 43.7. The Morgan fingerprint density at radius 3 is 0.602 bits per heavy atom. The van der Waals surface area contributed by atoms with Crippen LogP contribution in [0.2, 0.25) is 0 Å². The highest BCUT2D eigenvalue weighted by Crippen LogP contribution is 2.48. The van der Waals surface area contributed by atoms with Crippen LogP contribution in [0.5, 0.6) is 0 Å². The monoisotopic (exact) mass is 1120 g/mol. The van der Waals surface area contributed by atoms with E-state index in [0.29, 0.717) is 0 Å². The molecule has 0 radical (unpaired) electrons. The minimum Gasteiger partial charge on any atom is -0.310 e. The van der Waals surface area contributed by atoms with Gasteiger partial charge < -0.3 is 19.6 Å². The fraction of sp³-hybridized carbons (Fsp3) is 0. The van der Waals surface area contributed by atoms with E-state index in [-0.39, 0.29) is 0 Å². The molecule has 0 bridgehead atoms. The standard InChI is InChI=1S/C84H60N4/c1-4-31-64(32-5-1)86(82-46-19-16-40-79(82)76-43-22-28-61-25-10-13-37-73(61)76)70-55-49-67(50-56-70)85(68-51-57-71(58-52-68)87(65-33-6-2-7-34-65)83-47-20-17-41-80(83)77-44-23-29-62-26-11-14-38-74(62)77)69-53-59-72(60-54-69)88(66-35-8-3-9-36-66)84-48-21-18-42-81(84)78-45-24-30-63-27-12-15-39-75(63)78/h1-60H. The average Bonchev–Trinajstić information content (AvgIpc) is 1.27. The molecule has 0 aliphatic rings. The molecule has 4 heteroatoms. The number of nitrogens with zero attached hydrogens (tertiary/aromatic N) is 4. The maximum absolute atomic E-state index is 2.39. The van der Waals surface area contributed by atoms with Crippen molar-refractivity contribution in [2.75, 3.05) is 19.6 Å². The largest absolute Gasteiger partial charge is 0.310 e. The highest BCUT2D eigenvalue weighted by molar-refractivity contribution is 6.04. The summed E-state index contributed by atoms with van der Waals surface area (Å²) in [4.78, 5) is 9.54. The highest BCUT2D eigenvalue weighted by atomic mass is 15.2. The number of para-hydroxylation sites is 6. The van der Waals surface area contributed by atoms with Gasteiger partial charge in [-0.3, -0.25) is 0 Å². The molecule has 0 spiro atoms. The van der Waals surface area contributed by atoms with Crippen LogP contribution in [0, 0.1) is 0 Å². The van der Waals surface area contributed by atoms with Crippen LogP contribution in [0.4, 0.5) is 68.2 Å². The van der Waals surface area contributed by atoms with E-state index < -0.39 is 0 Å². The van der Waals surface area contributed by atoms with Gasteiger partial charge in [0.25, 0.3) is 0 Å². The van der Waals surface area contributed by atoms with E-state index in [1.807, 2.05) is 0 Å². The molecule has 0 aromatic heterocycles. The highest BCUT2D eigenvalue weighted by Gasteiger charge is 2.24. The van der Waals surface area contributed by atoms with Gasteiger partial charge in [-0.15, -0.1) is 0 Å². The number of rotatable bonds is 15. The molecule has 0 amide bonds. The maximum Gasteiger partial charge on any atom is 0.0540 e. The van der Waals surface area contributed by atoms with Crippen LogP contribution < -0.4 is 19.6 Å². The number of anilines is 12. The molecular weight excluding hydrogens is 1060 g/mol. The van der Waals surface area contributed by atoms with Crippen LogP contribution in [0.15, 0.2) is 364 Å². The lowest BCUT2D eigenvalue weighted by Crippen LogP contribution is -2.14. The van der Waals surface area contributed by atoms with Gasteiger partial charge in [0.15, 0.2) is 0 Å². The summed E-state index contributed by atoms with van der Waals surface area (Å²) in [6, 6.07) is 131. The van der Waals surface area contributed by atoms with Gasteiger partial charge in [0.05, 0.1) is 17.1 Å². The first kappa shape index (κ1) is 53.0. The van der Waals surface area contributed by atoms with Gasteiger partial charge in [-0.25, -0.2) is 0 Å². The van der Waals surface area contributed by atoms with Gasteiger partial charge in [-0.1, -0.05) is 237 Å². The normalized spacial score (nSPS) is 11.2. The van der Waals surface area contributed by atoms with Crippen molar-refractivity contribution in [3.8, 4) is 33.4 Å². The fourth-order valence-electron chi connectivity index (χ4n) is 12.8. The third kappa shape index (κ3) is 10.1. The molecule has 15 rings (SSSR count). The lowest BCUT2D eigenvalue weighted by molar-refractivity contribution is 1.24. The molecule has 0 saturated carbocycles. The molecule has 15 aromatic rings. The molecule has 0 unspecified atom stereocenters. The van der Waals surface area contributed by atoms with Gasteiger partial charge >= 0.3 is 0 Å². The molecular formula is C84H60N4. The first-order valence-electron chi connectivity index (χ1n) is 30.1. The van der Waals surface area contributed by atoms with E-state index in [4.69, 9.17) is 0 Å². The second-order valence-electron chi connectivity index (χ2n) is 22.0. The van der Waals surface area contributed by atoms with Gasteiger partial charge in [-0.2, -0.15) is 0 Å². The summed E-state index contributed by atoms with van der Waals surface area (Å²) in [5.74, 6) is 0. The van der Waals surface area contributed by atoms with Crippen LogP contribution in [0.1, 0.15) is 0 Å². The summed E-state index contributed by atoms with van der Waals surface area (Å²) in [6.45, 7) is 0. The van der Waals surface area contributed by atoms with Gasteiger partial charge in [-0.05, 0) is 176 Å². The minimum atomic E-state index is 1.02. The van der Waals surface area contributed by atoms with Crippen LogP contribution in [0.3, 0.4) is 0 Å². The molecule has 0 atom stereocenters. The van der Waals surface area contributed by atoms with Crippen molar-refractivity contribution in [2.24, 2.45) is 0 Å². The molecule has 0 aliphatic heterocycles. The van der Waals surface area contributed by atoms with E-state index in [2.05, 4.69) is 384 Å². The summed E-state index contributed by atoms with van der Waals surface area (Å²) >= 11 is 0. The first-order valence-corrected chi connectivity index (χ1v) is 30.1. The van der Waals surface area contributed by atoms with Crippen molar-refractivity contribution in [2.45, 2.75) is 0 Å². The van der Waals surface area contributed by atoms with E-state index in [1.165, 1.54) is 49.0 Å². The summed E-state index contributed by atoms with van der Waals surface area (Å²) in [6.07, 6.45) is 0. The summed E-state index contributed by atoms with van der Waals surface area (Å²) in [5.41, 5.74) is 19.7. The second-order valence-corrected chi connectivity index (χ2v) is 22.0. The number of hydrogen-bond donors (Lipinski definition) is 0. The Morgan fingerprint density at radius 1 is 0.125 bits per heavy atom. The van der Waals surface area contributed by atoms with Crippen LogP contribution >= 0.6 is 0 Å². The summed E-state index contributed by atoms with van der Waals surface area (Å²) < 4.78 is 0. The maximum atomic E-state index is 2.39. The minimum absolute atomic E-state index is 1.02. The molecule has 0 aliphatic carbocycles. The number of fused-ring (bicyclic) bond motifs is 3. The van der Waals surface area contributed by atoms with Crippen molar-refractivity contribution < 1.29 is 0 Å². The molecule has 0 heterocycles. The molecule has 0 saturated heterocycles. The SMILES string of the molecule is c1ccc(N(c2ccc(N(c3ccc(N(c4ccccc4)c4ccccc4-c4cccc5ccccc45)cc3)c3ccc(N(c4ccccc4)c4ccccc4-c4cccc5ccccc45)cc3)cc2)c2ccccc2-c2cccc3ccccc23)cc1. The van der Waals surface area contributed by atoms with Crippen molar-refractivity contribution in [3.63, 3.8) is 0 Å². The molecule has 0 fully saturated rings. The summed E-state index contributed by atoms with van der Waals surface area (Å²) in [7, 11) is 0. The lowest BCUT2D eigenvalue weighted by atomic mass is 9.96. The Morgan fingerprint density at radius 2 is 0.318 bits per heavy atom. The Labute approximate surface area is 514 Å². The average molecular weight is 1130 g/mol. The Kier molecular flexibility index (Phi) is 14.3. The summed E-state index contributed by atoms with van der Waals surface area (Å²) in [5, 5.41) is 7.29. The Bertz CT molecular complexity index is 4400. The molecule has 416 valence electrons. The van der Waals surface area contributed by atoms with E-state index in [0.717, 1.165) is 84.9 Å². The van der Waals surface area contributed by atoms with Gasteiger partial charge in [0.2, 0.25) is 0 Å². The third-order valence-electron chi connectivity index (χ3n) is 16.8. The Hall–Kier alpha value is -11.7. The zero-order valence-electron chi connectivity index (χ0n) is 48.4. The fourth-order valence-corrected chi connectivity index (χ4v) is 12.8. The smallest absolute Gasteiger partial charge is 0.0540 e. The van der Waals surface area contributed by atoms with Crippen molar-refractivity contribution in [1.82, 2.24) is 0 Å². The lowest BCUT2D eigenvalue weighted by Gasteiger charge is -2.31. The van der Waals surface area contributed by atoms with E-state index >= 15 is 0 Å². The topological polar surface area (TPSA) is 13.0 Å². The second kappa shape index (κ2) is 23.7. The molecule has 0 N–H and O–H groups in total. The van der Waals surface area contributed by atoms with Gasteiger partial charge in [0, 0.05) is 67.9 Å². The van der Waals surface area contributed by atoms with E-state index in [1.54, 1.807) is 0 Å². The van der Waals surface area contributed by atoms with Crippen molar-refractivity contribution >= 4 is 101 Å². The number of hydrogen-bond acceptors (Lipinski definition) is 4. The third-order valence-corrected chi connectivity index (χ3v) is 16.8. The molecule has 4 nitrogen and oxygen atoms in total. The molecule has 15 aromatic carbocycles. The van der Waals surface area contributed by atoms with Crippen molar-refractivity contribution in [1.29, 1.82) is 0 Å². The Balaban J connectivity index is 0.868. The van der Waals surface area contributed by atoms with Crippen molar-refractivity contribution in [3.05, 3.63) is 364 Å². The van der Waals surface area contributed by atoms with Crippen LogP contribution in [-0.4, -0.2) is 0 Å². The zero-order chi connectivity index (χ0) is 58.6.